The Hall–Kier alpha value is -1.81. The number of halogens is 1. The number of ether oxygens (including phenoxy) is 1. The van der Waals surface area contributed by atoms with E-state index in [0.29, 0.717) is 18.3 Å². The van der Waals surface area contributed by atoms with Crippen molar-refractivity contribution in [3.05, 3.63) is 53.2 Å². The van der Waals surface area contributed by atoms with Crippen molar-refractivity contribution in [2.75, 3.05) is 6.54 Å². The molecule has 114 valence electrons. The summed E-state index contributed by atoms with van der Waals surface area (Å²) in [5, 5.41) is 3.38. The molecule has 2 rings (SSSR count). The van der Waals surface area contributed by atoms with Crippen LogP contribution in [0.5, 0.6) is 5.75 Å². The van der Waals surface area contributed by atoms with Crippen molar-refractivity contribution in [3.8, 4) is 5.75 Å². The van der Waals surface area contributed by atoms with Gasteiger partial charge in [-0.2, -0.15) is 0 Å². The number of rotatable bonds is 7. The Morgan fingerprint density at radius 1 is 1.29 bits per heavy atom. The molecule has 4 heteroatoms. The Kier molecular flexibility index (Phi) is 5.39. The molecule has 1 heterocycles. The van der Waals surface area contributed by atoms with Gasteiger partial charge in [0, 0.05) is 12.1 Å². The predicted octanol–water partition coefficient (Wildman–Crippen LogP) is 4.05. The number of hydrogen-bond acceptors (Lipinski definition) is 3. The van der Waals surface area contributed by atoms with Gasteiger partial charge in [-0.1, -0.05) is 13.8 Å². The van der Waals surface area contributed by atoms with Crippen LogP contribution in [0.2, 0.25) is 0 Å². The van der Waals surface area contributed by atoms with E-state index in [0.717, 1.165) is 30.0 Å². The molecular formula is C17H22FNO2. The van der Waals surface area contributed by atoms with Crippen molar-refractivity contribution in [2.24, 2.45) is 5.92 Å². The molecule has 0 radical (unpaired) electrons. The van der Waals surface area contributed by atoms with Gasteiger partial charge in [0.25, 0.3) is 0 Å². The Balaban J connectivity index is 1.92. The van der Waals surface area contributed by atoms with E-state index in [1.54, 1.807) is 12.3 Å². The van der Waals surface area contributed by atoms with Gasteiger partial charge in [-0.3, -0.25) is 0 Å². The molecule has 0 spiro atoms. The summed E-state index contributed by atoms with van der Waals surface area (Å²) in [5.41, 5.74) is 1.87. The summed E-state index contributed by atoms with van der Waals surface area (Å²) >= 11 is 0. The van der Waals surface area contributed by atoms with E-state index in [4.69, 9.17) is 9.15 Å². The summed E-state index contributed by atoms with van der Waals surface area (Å²) in [6.45, 7) is 8.23. The highest BCUT2D eigenvalue weighted by molar-refractivity contribution is 5.32. The maximum atomic E-state index is 13.0. The van der Waals surface area contributed by atoms with E-state index in [1.165, 1.54) is 12.1 Å². The fourth-order valence-electron chi connectivity index (χ4n) is 2.06. The second-order valence-corrected chi connectivity index (χ2v) is 5.59. The summed E-state index contributed by atoms with van der Waals surface area (Å²) in [7, 11) is 0. The standard InChI is InChI=1S/C17H22FNO2/c1-12(2)9-19-10-14-6-7-20-17(14)11-21-16-5-4-15(18)8-13(16)3/h4-8,12,19H,9-11H2,1-3H3. The maximum Gasteiger partial charge on any atom is 0.146 e. The minimum absolute atomic E-state index is 0.253. The maximum absolute atomic E-state index is 13.0. The molecule has 0 bridgehead atoms. The molecule has 0 amide bonds. The molecule has 1 aromatic heterocycles. The van der Waals surface area contributed by atoms with E-state index in [1.807, 2.05) is 13.0 Å². The molecule has 0 unspecified atom stereocenters. The van der Waals surface area contributed by atoms with Gasteiger partial charge in [-0.05, 0) is 49.2 Å². The third-order valence-corrected chi connectivity index (χ3v) is 3.20. The normalized spacial score (nSPS) is 11.1. The van der Waals surface area contributed by atoms with Crippen molar-refractivity contribution in [3.63, 3.8) is 0 Å². The van der Waals surface area contributed by atoms with Gasteiger partial charge >= 0.3 is 0 Å². The number of hydrogen-bond donors (Lipinski definition) is 1. The predicted molar refractivity (Wildman–Crippen MR) is 80.7 cm³/mol. The summed E-state index contributed by atoms with van der Waals surface area (Å²) in [4.78, 5) is 0. The van der Waals surface area contributed by atoms with Crippen LogP contribution in [0.25, 0.3) is 0 Å². The summed E-state index contributed by atoms with van der Waals surface area (Å²) in [6, 6.07) is 6.45. The zero-order chi connectivity index (χ0) is 15.2. The number of benzene rings is 1. The first-order valence-electron chi connectivity index (χ1n) is 7.21. The molecule has 0 atom stereocenters. The van der Waals surface area contributed by atoms with Crippen molar-refractivity contribution in [1.29, 1.82) is 0 Å². The monoisotopic (exact) mass is 291 g/mol. The quantitative estimate of drug-likeness (QED) is 0.835. The van der Waals surface area contributed by atoms with Crippen LogP contribution in [-0.4, -0.2) is 6.54 Å². The Morgan fingerprint density at radius 3 is 2.81 bits per heavy atom. The molecule has 0 aliphatic carbocycles. The molecule has 0 aliphatic rings. The van der Waals surface area contributed by atoms with Crippen LogP contribution in [0.3, 0.4) is 0 Å². The average molecular weight is 291 g/mol. The van der Waals surface area contributed by atoms with E-state index >= 15 is 0 Å². The second-order valence-electron chi connectivity index (χ2n) is 5.59. The van der Waals surface area contributed by atoms with Gasteiger partial charge in [0.1, 0.15) is 23.9 Å². The van der Waals surface area contributed by atoms with Crippen molar-refractivity contribution in [2.45, 2.75) is 33.9 Å². The van der Waals surface area contributed by atoms with Gasteiger partial charge in [0.2, 0.25) is 0 Å². The highest BCUT2D eigenvalue weighted by Crippen LogP contribution is 2.21. The molecule has 0 aliphatic heterocycles. The topological polar surface area (TPSA) is 34.4 Å². The highest BCUT2D eigenvalue weighted by atomic mass is 19.1. The number of aryl methyl sites for hydroxylation is 1. The smallest absolute Gasteiger partial charge is 0.146 e. The molecule has 0 fully saturated rings. The van der Waals surface area contributed by atoms with Crippen molar-refractivity contribution in [1.82, 2.24) is 5.32 Å². The molecule has 3 nitrogen and oxygen atoms in total. The third kappa shape index (κ3) is 4.60. The summed E-state index contributed by atoms with van der Waals surface area (Å²) in [6.07, 6.45) is 1.67. The van der Waals surface area contributed by atoms with Gasteiger partial charge in [-0.15, -0.1) is 0 Å². The van der Waals surface area contributed by atoms with Crippen LogP contribution in [0.1, 0.15) is 30.7 Å². The van der Waals surface area contributed by atoms with Gasteiger partial charge < -0.3 is 14.5 Å². The van der Waals surface area contributed by atoms with Gasteiger partial charge in [0.05, 0.1) is 6.26 Å². The number of nitrogens with one attached hydrogen (secondary N) is 1. The fraction of sp³-hybridized carbons (Fsp3) is 0.412. The lowest BCUT2D eigenvalue weighted by molar-refractivity contribution is 0.266. The van der Waals surface area contributed by atoms with Crippen LogP contribution in [0, 0.1) is 18.7 Å². The zero-order valence-electron chi connectivity index (χ0n) is 12.8. The highest BCUT2D eigenvalue weighted by Gasteiger charge is 2.09. The molecule has 1 aromatic carbocycles. The van der Waals surface area contributed by atoms with Gasteiger partial charge in [0.15, 0.2) is 0 Å². The Bertz CT molecular complexity index is 578. The molecule has 0 saturated heterocycles. The zero-order valence-corrected chi connectivity index (χ0v) is 12.8. The van der Waals surface area contributed by atoms with Crippen LogP contribution < -0.4 is 10.1 Å². The van der Waals surface area contributed by atoms with Crippen molar-refractivity contribution >= 4 is 0 Å². The largest absolute Gasteiger partial charge is 0.485 e. The van der Waals surface area contributed by atoms with Gasteiger partial charge in [-0.25, -0.2) is 4.39 Å². The van der Waals surface area contributed by atoms with E-state index in [-0.39, 0.29) is 5.82 Å². The Labute approximate surface area is 125 Å². The average Bonchev–Trinajstić information content (AvgIpc) is 2.85. The first-order valence-corrected chi connectivity index (χ1v) is 7.21. The fourth-order valence-corrected chi connectivity index (χ4v) is 2.06. The summed E-state index contributed by atoms with van der Waals surface area (Å²) in [5.74, 6) is 1.83. The van der Waals surface area contributed by atoms with Crippen LogP contribution in [-0.2, 0) is 13.2 Å². The lowest BCUT2D eigenvalue weighted by Crippen LogP contribution is -2.19. The SMILES string of the molecule is Cc1cc(F)ccc1OCc1occc1CNCC(C)C. The first-order chi connectivity index (χ1) is 10.1. The summed E-state index contributed by atoms with van der Waals surface area (Å²) < 4.78 is 24.2. The lowest BCUT2D eigenvalue weighted by atomic mass is 10.2. The van der Waals surface area contributed by atoms with E-state index < -0.39 is 0 Å². The molecule has 21 heavy (non-hydrogen) atoms. The lowest BCUT2D eigenvalue weighted by Gasteiger charge is -2.10. The second kappa shape index (κ2) is 7.27. The van der Waals surface area contributed by atoms with Crippen LogP contribution in [0.4, 0.5) is 4.39 Å². The van der Waals surface area contributed by atoms with E-state index in [2.05, 4.69) is 19.2 Å². The first kappa shape index (κ1) is 15.6. The van der Waals surface area contributed by atoms with E-state index in [9.17, 15) is 4.39 Å². The van der Waals surface area contributed by atoms with Crippen LogP contribution >= 0.6 is 0 Å². The van der Waals surface area contributed by atoms with Crippen LogP contribution in [0.15, 0.2) is 34.9 Å². The number of furan rings is 1. The Morgan fingerprint density at radius 2 is 2.10 bits per heavy atom. The minimum Gasteiger partial charge on any atom is -0.485 e. The molecule has 2 aromatic rings. The molecule has 1 N–H and O–H groups in total. The third-order valence-electron chi connectivity index (χ3n) is 3.20. The minimum atomic E-state index is -0.253. The molecular weight excluding hydrogens is 269 g/mol. The molecule has 0 saturated carbocycles. The van der Waals surface area contributed by atoms with Crippen molar-refractivity contribution < 1.29 is 13.5 Å².